The molecular formula is C12H21N3. The van der Waals surface area contributed by atoms with E-state index in [1.54, 1.807) is 0 Å². The molecule has 0 saturated heterocycles. The minimum Gasteiger partial charge on any atom is -0.346 e. The monoisotopic (exact) mass is 207 g/mol. The summed E-state index contributed by atoms with van der Waals surface area (Å²) in [5.74, 6) is 1.75. The molecule has 1 aromatic heterocycles. The van der Waals surface area contributed by atoms with Gasteiger partial charge in [0.15, 0.2) is 0 Å². The van der Waals surface area contributed by atoms with Gasteiger partial charge in [0.1, 0.15) is 5.82 Å². The lowest BCUT2D eigenvalue weighted by Crippen LogP contribution is -2.34. The Labute approximate surface area is 91.5 Å². The predicted molar refractivity (Wildman–Crippen MR) is 61.8 cm³/mol. The average Bonchev–Trinajstić information content (AvgIpc) is 2.68. The number of H-pyrrole nitrogens is 1. The Hall–Kier alpha value is -0.830. The van der Waals surface area contributed by atoms with Crippen LogP contribution in [0.2, 0.25) is 0 Å². The number of hydrogen-bond donors (Lipinski definition) is 2. The maximum Gasteiger partial charge on any atom is 0.108 e. The van der Waals surface area contributed by atoms with Gasteiger partial charge in [-0.3, -0.25) is 0 Å². The van der Waals surface area contributed by atoms with E-state index in [9.17, 15) is 0 Å². The molecule has 0 radical (unpaired) electrons. The van der Waals surface area contributed by atoms with Crippen molar-refractivity contribution in [3.05, 3.63) is 17.7 Å². The topological polar surface area (TPSA) is 54.7 Å². The van der Waals surface area contributed by atoms with Crippen molar-refractivity contribution in [1.29, 1.82) is 0 Å². The highest BCUT2D eigenvalue weighted by Crippen LogP contribution is 2.32. The molecule has 2 rings (SSSR count). The first kappa shape index (κ1) is 10.7. The fourth-order valence-electron chi connectivity index (χ4n) is 2.34. The summed E-state index contributed by atoms with van der Waals surface area (Å²) in [5.41, 5.74) is 7.11. The molecule has 1 heterocycles. The summed E-state index contributed by atoms with van der Waals surface area (Å²) in [4.78, 5) is 7.83. The van der Waals surface area contributed by atoms with Crippen LogP contribution in [0, 0.1) is 0 Å². The molecule has 3 N–H and O–H groups in total. The number of aromatic nitrogens is 2. The quantitative estimate of drug-likeness (QED) is 0.799. The lowest BCUT2D eigenvalue weighted by molar-refractivity contribution is 0.503. The Morgan fingerprint density at radius 2 is 2.13 bits per heavy atom. The van der Waals surface area contributed by atoms with Gasteiger partial charge < -0.3 is 10.7 Å². The van der Waals surface area contributed by atoms with E-state index in [4.69, 9.17) is 5.73 Å². The van der Waals surface area contributed by atoms with Gasteiger partial charge in [0.25, 0.3) is 0 Å². The van der Waals surface area contributed by atoms with Gasteiger partial charge in [0, 0.05) is 29.8 Å². The lowest BCUT2D eigenvalue weighted by Gasteiger charge is -2.16. The summed E-state index contributed by atoms with van der Waals surface area (Å²) < 4.78 is 0. The maximum absolute atomic E-state index is 5.97. The zero-order valence-electron chi connectivity index (χ0n) is 9.71. The zero-order valence-corrected chi connectivity index (χ0v) is 9.71. The van der Waals surface area contributed by atoms with Crippen LogP contribution in [0.4, 0.5) is 0 Å². The molecule has 1 aliphatic carbocycles. The number of nitrogens with zero attached hydrogens (tertiary/aromatic N) is 1. The molecule has 3 nitrogen and oxygen atoms in total. The zero-order chi connectivity index (χ0) is 10.9. The smallest absolute Gasteiger partial charge is 0.108 e. The van der Waals surface area contributed by atoms with Crippen molar-refractivity contribution in [2.45, 2.75) is 57.4 Å². The van der Waals surface area contributed by atoms with Crippen LogP contribution in [0.15, 0.2) is 6.20 Å². The highest BCUT2D eigenvalue weighted by Gasteiger charge is 2.20. The van der Waals surface area contributed by atoms with Crippen LogP contribution in [0.1, 0.15) is 57.0 Å². The molecule has 0 amide bonds. The van der Waals surface area contributed by atoms with E-state index in [0.29, 0.717) is 5.92 Å². The van der Waals surface area contributed by atoms with Crippen LogP contribution in [0.3, 0.4) is 0 Å². The number of rotatable bonds is 3. The third kappa shape index (κ3) is 2.81. The highest BCUT2D eigenvalue weighted by atomic mass is 14.9. The Kier molecular flexibility index (Phi) is 2.83. The average molecular weight is 207 g/mol. The molecule has 1 aromatic rings. The van der Waals surface area contributed by atoms with Crippen LogP contribution in [0.5, 0.6) is 0 Å². The Bertz CT molecular complexity index is 316. The number of nitrogens with one attached hydrogen (secondary N) is 1. The Morgan fingerprint density at radius 1 is 1.47 bits per heavy atom. The van der Waals surface area contributed by atoms with Gasteiger partial charge >= 0.3 is 0 Å². The molecule has 0 aromatic carbocycles. The van der Waals surface area contributed by atoms with Crippen LogP contribution in [-0.4, -0.2) is 15.5 Å². The molecule has 0 atom stereocenters. The van der Waals surface area contributed by atoms with Crippen molar-refractivity contribution in [2.24, 2.45) is 5.73 Å². The number of imidazole rings is 1. The summed E-state index contributed by atoms with van der Waals surface area (Å²) >= 11 is 0. The molecule has 0 aliphatic heterocycles. The molecule has 1 fully saturated rings. The molecule has 0 spiro atoms. The summed E-state index contributed by atoms with van der Waals surface area (Å²) in [7, 11) is 0. The second kappa shape index (κ2) is 3.97. The van der Waals surface area contributed by atoms with Gasteiger partial charge in [-0.15, -0.1) is 0 Å². The van der Waals surface area contributed by atoms with Crippen molar-refractivity contribution in [2.75, 3.05) is 0 Å². The van der Waals surface area contributed by atoms with E-state index in [-0.39, 0.29) is 5.54 Å². The number of nitrogens with two attached hydrogens (primary N) is 1. The minimum atomic E-state index is -0.176. The fourth-order valence-corrected chi connectivity index (χ4v) is 2.34. The summed E-state index contributed by atoms with van der Waals surface area (Å²) in [6.45, 7) is 4.07. The second-order valence-electron chi connectivity index (χ2n) is 5.43. The van der Waals surface area contributed by atoms with Crippen molar-refractivity contribution >= 4 is 0 Å². The highest BCUT2D eigenvalue weighted by molar-refractivity contribution is 5.10. The molecule has 0 bridgehead atoms. The van der Waals surface area contributed by atoms with Crippen LogP contribution < -0.4 is 5.73 Å². The number of hydrogen-bond acceptors (Lipinski definition) is 2. The van der Waals surface area contributed by atoms with E-state index in [0.717, 1.165) is 12.2 Å². The van der Waals surface area contributed by atoms with Crippen LogP contribution in [-0.2, 0) is 6.42 Å². The van der Waals surface area contributed by atoms with Gasteiger partial charge in [-0.05, 0) is 26.7 Å². The van der Waals surface area contributed by atoms with E-state index < -0.39 is 0 Å². The first-order valence-electron chi connectivity index (χ1n) is 5.87. The molecule has 3 heteroatoms. The van der Waals surface area contributed by atoms with Crippen LogP contribution in [0.25, 0.3) is 0 Å². The molecular weight excluding hydrogens is 186 g/mol. The largest absolute Gasteiger partial charge is 0.346 e. The Balaban J connectivity index is 2.03. The summed E-state index contributed by atoms with van der Waals surface area (Å²) in [6, 6.07) is 0. The number of aromatic amines is 1. The van der Waals surface area contributed by atoms with Crippen LogP contribution >= 0.6 is 0 Å². The van der Waals surface area contributed by atoms with E-state index in [1.807, 2.05) is 20.0 Å². The third-order valence-corrected chi connectivity index (χ3v) is 3.07. The van der Waals surface area contributed by atoms with E-state index in [2.05, 4.69) is 9.97 Å². The van der Waals surface area contributed by atoms with Crippen molar-refractivity contribution in [3.8, 4) is 0 Å². The molecule has 1 saturated carbocycles. The fraction of sp³-hybridized carbons (Fsp3) is 0.750. The molecule has 84 valence electrons. The van der Waals surface area contributed by atoms with Gasteiger partial charge in [-0.1, -0.05) is 12.8 Å². The predicted octanol–water partition coefficient (Wildman–Crippen LogP) is 2.35. The van der Waals surface area contributed by atoms with E-state index >= 15 is 0 Å². The van der Waals surface area contributed by atoms with Gasteiger partial charge in [0.2, 0.25) is 0 Å². The normalized spacial score (nSPS) is 18.6. The van der Waals surface area contributed by atoms with Crippen molar-refractivity contribution in [3.63, 3.8) is 0 Å². The SMILES string of the molecule is CC(C)(N)Cc1ncc(C2CCCC2)[nH]1. The van der Waals surface area contributed by atoms with Gasteiger partial charge in [0.05, 0.1) is 0 Å². The lowest BCUT2D eigenvalue weighted by atomic mass is 10.0. The summed E-state index contributed by atoms with van der Waals surface area (Å²) in [5, 5.41) is 0. The molecule has 15 heavy (non-hydrogen) atoms. The van der Waals surface area contributed by atoms with Crippen molar-refractivity contribution in [1.82, 2.24) is 9.97 Å². The minimum absolute atomic E-state index is 0.176. The molecule has 0 unspecified atom stereocenters. The maximum atomic E-state index is 5.97. The standard InChI is InChI=1S/C12H21N3/c1-12(2,13)7-11-14-8-10(15-11)9-5-3-4-6-9/h8-9H,3-7,13H2,1-2H3,(H,14,15). The third-order valence-electron chi connectivity index (χ3n) is 3.07. The van der Waals surface area contributed by atoms with Crippen molar-refractivity contribution < 1.29 is 0 Å². The van der Waals surface area contributed by atoms with E-state index in [1.165, 1.54) is 31.4 Å². The summed E-state index contributed by atoms with van der Waals surface area (Å²) in [6.07, 6.45) is 8.17. The van der Waals surface area contributed by atoms with Gasteiger partial charge in [-0.25, -0.2) is 4.98 Å². The second-order valence-corrected chi connectivity index (χ2v) is 5.43. The first-order valence-corrected chi connectivity index (χ1v) is 5.87. The van der Waals surface area contributed by atoms with Gasteiger partial charge in [-0.2, -0.15) is 0 Å². The molecule has 1 aliphatic rings. The Morgan fingerprint density at radius 3 is 2.73 bits per heavy atom. The first-order chi connectivity index (χ1) is 7.04.